The lowest BCUT2D eigenvalue weighted by Gasteiger charge is -2.26. The summed E-state index contributed by atoms with van der Waals surface area (Å²) >= 11 is 0. The summed E-state index contributed by atoms with van der Waals surface area (Å²) in [6, 6.07) is 0. The summed E-state index contributed by atoms with van der Waals surface area (Å²) in [5.74, 6) is 0.906. The van der Waals surface area contributed by atoms with Gasteiger partial charge < -0.3 is 15.4 Å². The Morgan fingerprint density at radius 2 is 1.96 bits per heavy atom. The average molecular weight is 478 g/mol. The van der Waals surface area contributed by atoms with Gasteiger partial charge in [-0.1, -0.05) is 0 Å². The molecule has 0 radical (unpaired) electrons. The van der Waals surface area contributed by atoms with Crippen LogP contribution < -0.4 is 10.6 Å². The van der Waals surface area contributed by atoms with E-state index >= 15 is 0 Å². The van der Waals surface area contributed by atoms with Gasteiger partial charge >= 0.3 is 0 Å². The largest absolute Gasteiger partial charge is 0.379 e. The number of aryl methyl sites for hydroxylation is 2. The SMILES string of the molecule is CCNC(=NCCCN1CCOCC1)NCCc1c(C)nn(C)c1C.I. The van der Waals surface area contributed by atoms with Crippen LogP contribution in [0.25, 0.3) is 0 Å². The lowest BCUT2D eigenvalue weighted by atomic mass is 10.1. The molecule has 0 atom stereocenters. The normalized spacial score (nSPS) is 15.6. The Labute approximate surface area is 175 Å². The molecule has 0 saturated carbocycles. The summed E-state index contributed by atoms with van der Waals surface area (Å²) in [5.41, 5.74) is 3.69. The zero-order valence-corrected chi connectivity index (χ0v) is 19.0. The lowest BCUT2D eigenvalue weighted by molar-refractivity contribution is 0.0377. The first-order valence-corrected chi connectivity index (χ1v) is 9.43. The second-order valence-corrected chi connectivity index (χ2v) is 6.52. The van der Waals surface area contributed by atoms with Crippen LogP contribution in [0.2, 0.25) is 0 Å². The molecule has 150 valence electrons. The Balaban J connectivity index is 0.00000338. The number of guanidine groups is 1. The van der Waals surface area contributed by atoms with E-state index in [1.165, 1.54) is 11.3 Å². The molecule has 1 aromatic heterocycles. The van der Waals surface area contributed by atoms with E-state index in [1.807, 2.05) is 11.7 Å². The summed E-state index contributed by atoms with van der Waals surface area (Å²) in [5, 5.41) is 11.2. The number of hydrogen-bond donors (Lipinski definition) is 2. The Bertz CT molecular complexity index is 554. The molecule has 8 heteroatoms. The van der Waals surface area contributed by atoms with Crippen LogP contribution in [0.3, 0.4) is 0 Å². The Kier molecular flexibility index (Phi) is 11.1. The smallest absolute Gasteiger partial charge is 0.191 e. The predicted molar refractivity (Wildman–Crippen MR) is 118 cm³/mol. The van der Waals surface area contributed by atoms with Crippen LogP contribution in [0.1, 0.15) is 30.3 Å². The van der Waals surface area contributed by atoms with E-state index in [2.05, 4.69) is 41.4 Å². The molecule has 0 aromatic carbocycles. The van der Waals surface area contributed by atoms with Crippen LogP contribution in [0.5, 0.6) is 0 Å². The summed E-state index contributed by atoms with van der Waals surface area (Å²) in [4.78, 5) is 7.15. The van der Waals surface area contributed by atoms with E-state index in [9.17, 15) is 0 Å². The fraction of sp³-hybridized carbons (Fsp3) is 0.778. The molecule has 0 spiro atoms. The monoisotopic (exact) mass is 478 g/mol. The molecule has 0 aliphatic carbocycles. The molecule has 0 unspecified atom stereocenters. The summed E-state index contributed by atoms with van der Waals surface area (Å²) in [6.07, 6.45) is 2.04. The van der Waals surface area contributed by atoms with Crippen molar-refractivity contribution < 1.29 is 4.74 Å². The van der Waals surface area contributed by atoms with Crippen molar-refractivity contribution in [2.75, 3.05) is 52.5 Å². The van der Waals surface area contributed by atoms with Crippen LogP contribution >= 0.6 is 24.0 Å². The van der Waals surface area contributed by atoms with Crippen molar-refractivity contribution in [2.45, 2.75) is 33.6 Å². The fourth-order valence-electron chi connectivity index (χ4n) is 3.14. The van der Waals surface area contributed by atoms with Crippen LogP contribution in [0.4, 0.5) is 0 Å². The number of ether oxygens (including phenoxy) is 1. The topological polar surface area (TPSA) is 66.7 Å². The Hall–Kier alpha value is -0.870. The number of aromatic nitrogens is 2. The van der Waals surface area contributed by atoms with Crippen molar-refractivity contribution >= 4 is 29.9 Å². The highest BCUT2D eigenvalue weighted by Gasteiger charge is 2.10. The first-order chi connectivity index (χ1) is 12.1. The third-order valence-electron chi connectivity index (χ3n) is 4.68. The molecular weight excluding hydrogens is 443 g/mol. The van der Waals surface area contributed by atoms with Crippen molar-refractivity contribution in [3.05, 3.63) is 17.0 Å². The first-order valence-electron chi connectivity index (χ1n) is 9.43. The molecule has 1 aliphatic heterocycles. The summed E-state index contributed by atoms with van der Waals surface area (Å²) in [7, 11) is 2.00. The van der Waals surface area contributed by atoms with Gasteiger partial charge in [-0.15, -0.1) is 24.0 Å². The maximum atomic E-state index is 5.38. The van der Waals surface area contributed by atoms with Gasteiger partial charge in [0.05, 0.1) is 18.9 Å². The summed E-state index contributed by atoms with van der Waals surface area (Å²) in [6.45, 7) is 13.8. The van der Waals surface area contributed by atoms with Crippen LogP contribution in [0, 0.1) is 13.8 Å². The van der Waals surface area contributed by atoms with Crippen LogP contribution in [-0.2, 0) is 18.2 Å². The Morgan fingerprint density at radius 1 is 1.23 bits per heavy atom. The van der Waals surface area contributed by atoms with E-state index in [0.717, 1.165) is 77.0 Å². The summed E-state index contributed by atoms with van der Waals surface area (Å²) < 4.78 is 7.33. The van der Waals surface area contributed by atoms with Gasteiger partial charge in [-0.2, -0.15) is 5.10 Å². The fourth-order valence-corrected chi connectivity index (χ4v) is 3.14. The van der Waals surface area contributed by atoms with E-state index in [4.69, 9.17) is 9.73 Å². The van der Waals surface area contributed by atoms with Crippen LogP contribution in [-0.4, -0.2) is 73.1 Å². The van der Waals surface area contributed by atoms with Crippen molar-refractivity contribution in [3.63, 3.8) is 0 Å². The quantitative estimate of drug-likeness (QED) is 0.257. The third-order valence-corrected chi connectivity index (χ3v) is 4.68. The molecule has 1 aromatic rings. The molecule has 1 saturated heterocycles. The van der Waals surface area contributed by atoms with Gasteiger partial charge in [0.15, 0.2) is 5.96 Å². The van der Waals surface area contributed by atoms with Gasteiger partial charge in [-0.25, -0.2) is 0 Å². The second-order valence-electron chi connectivity index (χ2n) is 6.52. The lowest BCUT2D eigenvalue weighted by Crippen LogP contribution is -2.39. The highest BCUT2D eigenvalue weighted by atomic mass is 127. The highest BCUT2D eigenvalue weighted by molar-refractivity contribution is 14.0. The van der Waals surface area contributed by atoms with Crippen molar-refractivity contribution in [1.29, 1.82) is 0 Å². The number of hydrogen-bond acceptors (Lipinski definition) is 4. The van der Waals surface area contributed by atoms with E-state index < -0.39 is 0 Å². The van der Waals surface area contributed by atoms with E-state index in [-0.39, 0.29) is 24.0 Å². The number of nitrogens with zero attached hydrogens (tertiary/aromatic N) is 4. The van der Waals surface area contributed by atoms with Crippen molar-refractivity contribution in [1.82, 2.24) is 25.3 Å². The third kappa shape index (κ3) is 7.40. The maximum Gasteiger partial charge on any atom is 0.191 e. The molecule has 0 bridgehead atoms. The predicted octanol–water partition coefficient (Wildman–Crippen LogP) is 1.47. The van der Waals surface area contributed by atoms with Gasteiger partial charge in [0.25, 0.3) is 0 Å². The van der Waals surface area contributed by atoms with Crippen molar-refractivity contribution in [3.8, 4) is 0 Å². The van der Waals surface area contributed by atoms with Crippen LogP contribution in [0.15, 0.2) is 4.99 Å². The van der Waals surface area contributed by atoms with E-state index in [1.54, 1.807) is 0 Å². The maximum absolute atomic E-state index is 5.38. The van der Waals surface area contributed by atoms with Gasteiger partial charge in [0.2, 0.25) is 0 Å². The zero-order valence-electron chi connectivity index (χ0n) is 16.7. The van der Waals surface area contributed by atoms with Gasteiger partial charge in [0.1, 0.15) is 0 Å². The number of nitrogens with one attached hydrogen (secondary N) is 2. The minimum absolute atomic E-state index is 0. The molecule has 2 heterocycles. The van der Waals surface area contributed by atoms with Gasteiger partial charge in [-0.3, -0.25) is 14.6 Å². The van der Waals surface area contributed by atoms with E-state index in [0.29, 0.717) is 0 Å². The first kappa shape index (κ1) is 23.2. The molecule has 0 amide bonds. The molecule has 1 aliphatic rings. The minimum Gasteiger partial charge on any atom is -0.379 e. The molecular formula is C18H35IN6O. The zero-order chi connectivity index (χ0) is 18.1. The second kappa shape index (κ2) is 12.5. The standard InChI is InChI=1S/C18H34N6O.HI/c1-5-19-18(20-8-6-10-24-11-13-25-14-12-24)21-9-7-17-15(2)22-23(4)16(17)3;/h5-14H2,1-4H3,(H2,19,20,21);1H. The minimum atomic E-state index is 0. The molecule has 1 fully saturated rings. The molecule has 2 N–H and O–H groups in total. The Morgan fingerprint density at radius 3 is 2.58 bits per heavy atom. The number of rotatable bonds is 8. The van der Waals surface area contributed by atoms with Gasteiger partial charge in [0, 0.05) is 52.0 Å². The number of aliphatic imine (C=N–C) groups is 1. The molecule has 7 nitrogen and oxygen atoms in total. The highest BCUT2D eigenvalue weighted by Crippen LogP contribution is 2.11. The molecule has 26 heavy (non-hydrogen) atoms. The van der Waals surface area contributed by atoms with Crippen molar-refractivity contribution in [2.24, 2.45) is 12.0 Å². The number of morpholine rings is 1. The molecule has 2 rings (SSSR count). The number of halogens is 1. The average Bonchev–Trinajstić information content (AvgIpc) is 2.85. The van der Waals surface area contributed by atoms with Gasteiger partial charge in [-0.05, 0) is 39.2 Å².